The number of hydrogen-bond donors (Lipinski definition) is 1. The highest BCUT2D eigenvalue weighted by Gasteiger charge is 2.20. The number of esters is 1. The van der Waals surface area contributed by atoms with E-state index in [1.807, 2.05) is 32.9 Å². The molecule has 4 nitrogen and oxygen atoms in total. The maximum absolute atomic E-state index is 11.8. The van der Waals surface area contributed by atoms with E-state index in [4.69, 9.17) is 4.74 Å². The quantitative estimate of drug-likeness (QED) is 0.850. The first kappa shape index (κ1) is 15.2. The molecule has 4 heteroatoms. The molecule has 1 N–H and O–H groups in total. The molecule has 0 radical (unpaired) electrons. The summed E-state index contributed by atoms with van der Waals surface area (Å²) in [5.41, 5.74) is 1.17. The third-order valence-corrected chi connectivity index (χ3v) is 2.55. The summed E-state index contributed by atoms with van der Waals surface area (Å²) in [6.07, 6.45) is 0.251. The summed E-state index contributed by atoms with van der Waals surface area (Å²) in [5.74, 6) is -0.278. The van der Waals surface area contributed by atoms with Crippen LogP contribution in [0.5, 0.6) is 0 Å². The Bertz CT molecular complexity index is 443. The molecule has 0 bridgehead atoms. The second-order valence-electron chi connectivity index (χ2n) is 5.38. The lowest BCUT2D eigenvalue weighted by Crippen LogP contribution is -2.27. The topological polar surface area (TPSA) is 55.4 Å². The smallest absolute Gasteiger partial charge is 0.310 e. The van der Waals surface area contributed by atoms with Gasteiger partial charge in [-0.3, -0.25) is 9.59 Å². The van der Waals surface area contributed by atoms with Crippen LogP contribution < -0.4 is 5.32 Å². The van der Waals surface area contributed by atoms with Gasteiger partial charge in [-0.1, -0.05) is 32.9 Å². The van der Waals surface area contributed by atoms with Gasteiger partial charge in [0.05, 0.1) is 13.0 Å². The summed E-state index contributed by atoms with van der Waals surface area (Å²) in [4.78, 5) is 23.1. The molecule has 0 atom stereocenters. The lowest BCUT2D eigenvalue weighted by Gasteiger charge is -2.17. The highest BCUT2D eigenvalue weighted by molar-refractivity contribution is 5.94. The van der Waals surface area contributed by atoms with Crippen LogP contribution in [0.4, 0.5) is 5.69 Å². The van der Waals surface area contributed by atoms with Crippen molar-refractivity contribution in [2.24, 2.45) is 5.41 Å². The van der Waals surface area contributed by atoms with Crippen LogP contribution >= 0.6 is 0 Å². The third-order valence-electron chi connectivity index (χ3n) is 2.55. The molecule has 0 fully saturated rings. The first-order chi connectivity index (χ1) is 8.82. The molecule has 0 saturated carbocycles. The Hall–Kier alpha value is -1.84. The monoisotopic (exact) mass is 263 g/mol. The van der Waals surface area contributed by atoms with E-state index < -0.39 is 5.41 Å². The molecule has 1 rings (SSSR count). The summed E-state index contributed by atoms with van der Waals surface area (Å²) >= 11 is 0. The van der Waals surface area contributed by atoms with Crippen molar-refractivity contribution in [2.45, 2.75) is 34.1 Å². The number of rotatable bonds is 4. The molecule has 1 aromatic carbocycles. The Morgan fingerprint density at radius 2 is 1.74 bits per heavy atom. The van der Waals surface area contributed by atoms with Crippen molar-refractivity contribution < 1.29 is 14.3 Å². The number of carbonyl (C=O) groups excluding carboxylic acids is 2. The zero-order valence-electron chi connectivity index (χ0n) is 11.9. The Labute approximate surface area is 114 Å². The van der Waals surface area contributed by atoms with E-state index in [0.717, 1.165) is 11.3 Å². The van der Waals surface area contributed by atoms with Crippen LogP contribution in [0.15, 0.2) is 24.3 Å². The molecule has 0 spiro atoms. The molecule has 0 aromatic heterocycles. The molecule has 0 aliphatic carbocycles. The fourth-order valence-electron chi connectivity index (χ4n) is 1.40. The Morgan fingerprint density at radius 3 is 2.21 bits per heavy atom. The number of ether oxygens (including phenoxy) is 1. The summed E-state index contributed by atoms with van der Waals surface area (Å²) < 4.78 is 4.88. The molecule has 0 aliphatic heterocycles. The molecule has 1 aromatic rings. The van der Waals surface area contributed by atoms with Gasteiger partial charge in [-0.15, -0.1) is 0 Å². The van der Waals surface area contributed by atoms with E-state index in [1.165, 1.54) is 0 Å². The van der Waals surface area contributed by atoms with Crippen LogP contribution in [0.25, 0.3) is 0 Å². The number of nitrogens with one attached hydrogen (secondary N) is 1. The van der Waals surface area contributed by atoms with E-state index in [1.54, 1.807) is 19.1 Å². The van der Waals surface area contributed by atoms with E-state index in [0.29, 0.717) is 6.61 Å². The van der Waals surface area contributed by atoms with Gasteiger partial charge in [0.2, 0.25) is 5.91 Å². The molecule has 1 amide bonds. The molecule has 0 unspecified atom stereocenters. The molecule has 0 saturated heterocycles. The molecular formula is C15H21NO3. The van der Waals surface area contributed by atoms with E-state index in [9.17, 15) is 9.59 Å². The van der Waals surface area contributed by atoms with Gasteiger partial charge in [0.25, 0.3) is 0 Å². The standard InChI is InChI=1S/C15H21NO3/c1-5-19-13(17)10-11-6-8-12(9-7-11)16-14(18)15(2,3)4/h6-9H,5,10H2,1-4H3,(H,16,18). The van der Waals surface area contributed by atoms with Crippen molar-refractivity contribution in [1.82, 2.24) is 0 Å². The highest BCUT2D eigenvalue weighted by Crippen LogP contribution is 2.17. The largest absolute Gasteiger partial charge is 0.466 e. The van der Waals surface area contributed by atoms with Crippen molar-refractivity contribution in [1.29, 1.82) is 0 Å². The molecule has 104 valence electrons. The minimum Gasteiger partial charge on any atom is -0.466 e. The van der Waals surface area contributed by atoms with Gasteiger partial charge in [0.15, 0.2) is 0 Å². The number of benzene rings is 1. The number of amides is 1. The highest BCUT2D eigenvalue weighted by atomic mass is 16.5. The SMILES string of the molecule is CCOC(=O)Cc1ccc(NC(=O)C(C)(C)C)cc1. The van der Waals surface area contributed by atoms with Gasteiger partial charge in [0.1, 0.15) is 0 Å². The minimum absolute atomic E-state index is 0.0364. The third kappa shape index (κ3) is 5.12. The first-order valence-corrected chi connectivity index (χ1v) is 6.39. The summed E-state index contributed by atoms with van der Waals surface area (Å²) in [6.45, 7) is 7.74. The molecular weight excluding hydrogens is 242 g/mol. The van der Waals surface area contributed by atoms with Gasteiger partial charge in [-0.25, -0.2) is 0 Å². The lowest BCUT2D eigenvalue weighted by molar-refractivity contribution is -0.142. The second-order valence-corrected chi connectivity index (χ2v) is 5.38. The first-order valence-electron chi connectivity index (χ1n) is 6.39. The normalized spacial score (nSPS) is 10.9. The average Bonchev–Trinajstić information content (AvgIpc) is 2.30. The predicted octanol–water partition coefficient (Wildman–Crippen LogP) is 2.78. The zero-order valence-corrected chi connectivity index (χ0v) is 11.9. The van der Waals surface area contributed by atoms with Crippen molar-refractivity contribution in [3.05, 3.63) is 29.8 Å². The van der Waals surface area contributed by atoms with Gasteiger partial charge in [-0.2, -0.15) is 0 Å². The number of carbonyl (C=O) groups is 2. The van der Waals surface area contributed by atoms with Crippen LogP contribution in [-0.4, -0.2) is 18.5 Å². The second kappa shape index (κ2) is 6.36. The Kier molecular flexibility index (Phi) is 5.10. The van der Waals surface area contributed by atoms with Crippen LogP contribution in [0.1, 0.15) is 33.3 Å². The van der Waals surface area contributed by atoms with Crippen LogP contribution in [0, 0.1) is 5.41 Å². The van der Waals surface area contributed by atoms with Crippen molar-refractivity contribution >= 4 is 17.6 Å². The average molecular weight is 263 g/mol. The number of hydrogen-bond acceptors (Lipinski definition) is 3. The molecule has 0 heterocycles. The summed E-state index contributed by atoms with van der Waals surface area (Å²) in [6, 6.07) is 7.21. The summed E-state index contributed by atoms with van der Waals surface area (Å²) in [5, 5.41) is 2.83. The zero-order chi connectivity index (χ0) is 14.5. The Balaban J connectivity index is 2.62. The molecule has 19 heavy (non-hydrogen) atoms. The molecule has 0 aliphatic rings. The van der Waals surface area contributed by atoms with Crippen LogP contribution in [0.3, 0.4) is 0 Å². The minimum atomic E-state index is -0.427. The summed E-state index contributed by atoms with van der Waals surface area (Å²) in [7, 11) is 0. The lowest BCUT2D eigenvalue weighted by atomic mass is 9.95. The number of anilines is 1. The maximum Gasteiger partial charge on any atom is 0.310 e. The van der Waals surface area contributed by atoms with Crippen LogP contribution in [0.2, 0.25) is 0 Å². The maximum atomic E-state index is 11.8. The Morgan fingerprint density at radius 1 is 1.16 bits per heavy atom. The van der Waals surface area contributed by atoms with E-state index in [-0.39, 0.29) is 18.3 Å². The van der Waals surface area contributed by atoms with Gasteiger partial charge < -0.3 is 10.1 Å². The predicted molar refractivity (Wildman–Crippen MR) is 74.9 cm³/mol. The van der Waals surface area contributed by atoms with Gasteiger partial charge >= 0.3 is 5.97 Å². The fraction of sp³-hybridized carbons (Fsp3) is 0.467. The van der Waals surface area contributed by atoms with Gasteiger partial charge in [-0.05, 0) is 24.6 Å². The van der Waals surface area contributed by atoms with Crippen molar-refractivity contribution in [3.8, 4) is 0 Å². The van der Waals surface area contributed by atoms with Crippen molar-refractivity contribution in [3.63, 3.8) is 0 Å². The fourth-order valence-corrected chi connectivity index (χ4v) is 1.40. The van der Waals surface area contributed by atoms with E-state index in [2.05, 4.69) is 5.32 Å². The van der Waals surface area contributed by atoms with E-state index >= 15 is 0 Å². The van der Waals surface area contributed by atoms with Crippen molar-refractivity contribution in [2.75, 3.05) is 11.9 Å². The van der Waals surface area contributed by atoms with Gasteiger partial charge in [0, 0.05) is 11.1 Å². The van der Waals surface area contributed by atoms with Crippen LogP contribution in [-0.2, 0) is 20.7 Å².